The average molecular weight is 346 g/mol. The maximum Gasteiger partial charge on any atom is 0.207 e. The van der Waals surface area contributed by atoms with Gasteiger partial charge in [0.15, 0.2) is 0 Å². The zero-order valence-electron chi connectivity index (χ0n) is 11.1. The second-order valence-electron chi connectivity index (χ2n) is 4.26. The van der Waals surface area contributed by atoms with Crippen LogP contribution in [0.1, 0.15) is 5.69 Å². The van der Waals surface area contributed by atoms with Gasteiger partial charge in [0.25, 0.3) is 0 Å². The minimum absolute atomic E-state index is 0.155. The van der Waals surface area contributed by atoms with Crippen LogP contribution in [0.15, 0.2) is 22.8 Å². The number of rotatable bonds is 5. The van der Waals surface area contributed by atoms with Crippen LogP contribution >= 0.6 is 15.9 Å². The number of ether oxygens (including phenoxy) is 1. The predicted molar refractivity (Wildman–Crippen MR) is 76.2 cm³/mol. The third-order valence-corrected chi connectivity index (χ3v) is 3.30. The molecule has 4 nitrogen and oxygen atoms in total. The van der Waals surface area contributed by atoms with Gasteiger partial charge in [-0.1, -0.05) is 0 Å². The van der Waals surface area contributed by atoms with Crippen molar-refractivity contribution in [2.75, 3.05) is 19.0 Å². The summed E-state index contributed by atoms with van der Waals surface area (Å²) in [5, 5.41) is 2.86. The van der Waals surface area contributed by atoms with E-state index in [0.29, 0.717) is 19.1 Å². The van der Waals surface area contributed by atoms with Crippen LogP contribution in [-0.4, -0.2) is 23.3 Å². The molecule has 0 aliphatic rings. The van der Waals surface area contributed by atoms with Crippen molar-refractivity contribution in [1.29, 1.82) is 0 Å². The molecule has 0 aliphatic heterocycles. The number of anilines is 2. The molecule has 7 heteroatoms. The summed E-state index contributed by atoms with van der Waals surface area (Å²) in [4.78, 5) is 4.27. The van der Waals surface area contributed by atoms with Gasteiger partial charge in [0, 0.05) is 25.9 Å². The van der Waals surface area contributed by atoms with Crippen molar-refractivity contribution < 1.29 is 13.5 Å². The van der Waals surface area contributed by atoms with Gasteiger partial charge >= 0.3 is 0 Å². The van der Waals surface area contributed by atoms with Gasteiger partial charge in [0.05, 0.1) is 22.5 Å². The topological polar surface area (TPSA) is 39.1 Å². The fourth-order valence-electron chi connectivity index (χ4n) is 1.75. The molecule has 0 bridgehead atoms. The maximum atomic E-state index is 13.7. The Labute approximate surface area is 123 Å². The molecule has 2 aromatic rings. The largest absolute Gasteiger partial charge is 0.383 e. The Morgan fingerprint density at radius 3 is 2.80 bits per heavy atom. The van der Waals surface area contributed by atoms with E-state index in [0.717, 1.165) is 11.8 Å². The van der Waals surface area contributed by atoms with E-state index in [1.54, 1.807) is 7.11 Å². The monoisotopic (exact) mass is 345 g/mol. The molecule has 0 saturated carbocycles. The van der Waals surface area contributed by atoms with Crippen molar-refractivity contribution in [2.45, 2.75) is 13.5 Å². The van der Waals surface area contributed by atoms with Crippen molar-refractivity contribution in [2.24, 2.45) is 0 Å². The third kappa shape index (κ3) is 3.34. The van der Waals surface area contributed by atoms with Crippen LogP contribution in [0.25, 0.3) is 0 Å². The lowest BCUT2D eigenvalue weighted by Crippen LogP contribution is -2.08. The zero-order valence-corrected chi connectivity index (χ0v) is 12.7. The molecule has 0 fully saturated rings. The molecule has 0 atom stereocenters. The minimum Gasteiger partial charge on any atom is -0.383 e. The van der Waals surface area contributed by atoms with E-state index in [9.17, 15) is 8.78 Å². The Morgan fingerprint density at radius 2 is 2.10 bits per heavy atom. The molecule has 1 aromatic heterocycles. The van der Waals surface area contributed by atoms with E-state index in [1.165, 1.54) is 6.07 Å². The smallest absolute Gasteiger partial charge is 0.207 e. The van der Waals surface area contributed by atoms with Crippen molar-refractivity contribution in [3.05, 3.63) is 40.1 Å². The number of aryl methyl sites for hydroxylation is 1. The molecule has 0 saturated heterocycles. The average Bonchev–Trinajstić information content (AvgIpc) is 2.73. The van der Waals surface area contributed by atoms with Crippen molar-refractivity contribution in [3.8, 4) is 0 Å². The molecular formula is C13H14BrF2N3O. The van der Waals surface area contributed by atoms with Crippen molar-refractivity contribution in [1.82, 2.24) is 9.55 Å². The van der Waals surface area contributed by atoms with Crippen LogP contribution in [0.3, 0.4) is 0 Å². The summed E-state index contributed by atoms with van der Waals surface area (Å²) >= 11 is 3.03. The van der Waals surface area contributed by atoms with Gasteiger partial charge in [-0.2, -0.15) is 0 Å². The lowest BCUT2D eigenvalue weighted by Gasteiger charge is -2.10. The molecule has 0 aliphatic carbocycles. The quantitative estimate of drug-likeness (QED) is 0.841. The van der Waals surface area contributed by atoms with Gasteiger partial charge in [-0.15, -0.1) is 0 Å². The number of aromatic nitrogens is 2. The fourth-order valence-corrected chi connectivity index (χ4v) is 2.09. The molecule has 108 valence electrons. The van der Waals surface area contributed by atoms with Crippen LogP contribution in [0.4, 0.5) is 20.4 Å². The predicted octanol–water partition coefficient (Wildman–Crippen LogP) is 3.62. The van der Waals surface area contributed by atoms with E-state index in [1.807, 2.05) is 17.7 Å². The third-order valence-electron chi connectivity index (χ3n) is 2.69. The molecule has 0 spiro atoms. The van der Waals surface area contributed by atoms with Gasteiger partial charge < -0.3 is 14.6 Å². The number of nitrogens with one attached hydrogen (secondary N) is 1. The van der Waals surface area contributed by atoms with Gasteiger partial charge in [-0.25, -0.2) is 13.8 Å². The highest BCUT2D eigenvalue weighted by Gasteiger charge is 2.12. The number of imidazole rings is 1. The molecule has 1 heterocycles. The number of hydrogen-bond acceptors (Lipinski definition) is 3. The van der Waals surface area contributed by atoms with Crippen LogP contribution in [0.2, 0.25) is 0 Å². The second kappa shape index (κ2) is 6.32. The summed E-state index contributed by atoms with van der Waals surface area (Å²) in [6, 6.07) is 2.16. The van der Waals surface area contributed by atoms with E-state index in [-0.39, 0.29) is 10.2 Å². The summed E-state index contributed by atoms with van der Waals surface area (Å²) in [6.45, 7) is 2.94. The van der Waals surface area contributed by atoms with Gasteiger partial charge in [0.2, 0.25) is 5.95 Å². The number of hydrogen-bond donors (Lipinski definition) is 1. The van der Waals surface area contributed by atoms with Gasteiger partial charge in [-0.3, -0.25) is 0 Å². The highest BCUT2D eigenvalue weighted by atomic mass is 79.9. The summed E-state index contributed by atoms with van der Waals surface area (Å²) in [5.41, 5.74) is 0.952. The zero-order chi connectivity index (χ0) is 14.7. The summed E-state index contributed by atoms with van der Waals surface area (Å²) < 4.78 is 33.9. The molecule has 20 heavy (non-hydrogen) atoms. The summed E-state index contributed by atoms with van der Waals surface area (Å²) in [5.74, 6) is -0.839. The molecule has 1 aromatic carbocycles. The summed E-state index contributed by atoms with van der Waals surface area (Å²) in [6.07, 6.45) is 1.83. The van der Waals surface area contributed by atoms with Crippen molar-refractivity contribution in [3.63, 3.8) is 0 Å². The van der Waals surface area contributed by atoms with Crippen LogP contribution in [-0.2, 0) is 11.3 Å². The van der Waals surface area contributed by atoms with E-state index < -0.39 is 11.6 Å². The summed E-state index contributed by atoms with van der Waals surface area (Å²) in [7, 11) is 1.60. The number of nitrogens with zero attached hydrogens (tertiary/aromatic N) is 2. The first kappa shape index (κ1) is 14.9. The minimum atomic E-state index is -0.676. The Balaban J connectivity index is 2.27. The van der Waals surface area contributed by atoms with Crippen LogP contribution < -0.4 is 5.32 Å². The lowest BCUT2D eigenvalue weighted by molar-refractivity contribution is 0.188. The Hall–Kier alpha value is -1.47. The normalized spacial score (nSPS) is 10.8. The molecule has 0 amide bonds. The Bertz CT molecular complexity index is 616. The van der Waals surface area contributed by atoms with Gasteiger partial charge in [0.1, 0.15) is 11.6 Å². The molecule has 1 N–H and O–H groups in total. The highest BCUT2D eigenvalue weighted by molar-refractivity contribution is 9.10. The Kier molecular flexibility index (Phi) is 4.72. The SMILES string of the molecule is COCCn1cc(C)nc1Nc1cc(Br)c(F)cc1F. The van der Waals surface area contributed by atoms with E-state index in [4.69, 9.17) is 4.74 Å². The number of benzene rings is 1. The molecule has 0 unspecified atom stereocenters. The maximum absolute atomic E-state index is 13.7. The standard InChI is InChI=1S/C13H14BrF2N3O/c1-8-7-19(3-4-20-2)13(17-8)18-12-5-9(14)10(15)6-11(12)16/h5-7H,3-4H2,1-2H3,(H,17,18). The second-order valence-corrected chi connectivity index (χ2v) is 5.12. The first-order valence-corrected chi connectivity index (χ1v) is 6.75. The van der Waals surface area contributed by atoms with Gasteiger partial charge in [-0.05, 0) is 28.9 Å². The van der Waals surface area contributed by atoms with Crippen LogP contribution in [0, 0.1) is 18.6 Å². The first-order chi connectivity index (χ1) is 9.51. The number of halogens is 3. The highest BCUT2D eigenvalue weighted by Crippen LogP contribution is 2.26. The fraction of sp³-hybridized carbons (Fsp3) is 0.308. The van der Waals surface area contributed by atoms with Crippen LogP contribution in [0.5, 0.6) is 0 Å². The van der Waals surface area contributed by atoms with E-state index in [2.05, 4.69) is 26.2 Å². The molecular weight excluding hydrogens is 332 g/mol. The Morgan fingerprint density at radius 1 is 1.35 bits per heavy atom. The molecule has 2 rings (SSSR count). The first-order valence-electron chi connectivity index (χ1n) is 5.95. The molecule has 0 radical (unpaired) electrons. The lowest BCUT2D eigenvalue weighted by atomic mass is 10.3. The van der Waals surface area contributed by atoms with Crippen molar-refractivity contribution >= 4 is 27.6 Å². The van der Waals surface area contributed by atoms with E-state index >= 15 is 0 Å². The number of methoxy groups -OCH3 is 1.